The van der Waals surface area contributed by atoms with Gasteiger partial charge in [0.05, 0.1) is 11.4 Å². The molecule has 1 aromatic rings. The normalized spacial score (nSPS) is 29.8. The van der Waals surface area contributed by atoms with Crippen LogP contribution in [0.5, 0.6) is 0 Å². The molecule has 4 saturated carbocycles. The Morgan fingerprint density at radius 3 is 2.07 bits per heavy atom. The van der Waals surface area contributed by atoms with E-state index in [0.717, 1.165) is 22.1 Å². The van der Waals surface area contributed by atoms with Gasteiger partial charge in [-0.15, -0.1) is 0 Å². The van der Waals surface area contributed by atoms with Crippen LogP contribution in [0.15, 0.2) is 29.2 Å². The quantitative estimate of drug-likeness (QED) is 0.691. The van der Waals surface area contributed by atoms with Crippen LogP contribution < -0.4 is 10.6 Å². The number of hydrogen-bond donors (Lipinski definition) is 2. The van der Waals surface area contributed by atoms with Crippen LogP contribution in [0.4, 0.5) is 5.69 Å². The zero-order chi connectivity index (χ0) is 21.5. The first-order valence-corrected chi connectivity index (χ1v) is 12.2. The SMILES string of the molecule is CC(=O)Nc1ccc(S(=O)(=O)N(C)CC(=O)NCC23CC4CC(CC(C4)C2)C3)cc1. The summed E-state index contributed by atoms with van der Waals surface area (Å²) in [5.74, 6) is 1.97. The van der Waals surface area contributed by atoms with Crippen molar-refractivity contribution in [3.63, 3.8) is 0 Å². The number of hydrogen-bond acceptors (Lipinski definition) is 4. The molecule has 4 bridgehead atoms. The number of nitrogens with zero attached hydrogens (tertiary/aromatic N) is 1. The molecule has 4 fully saturated rings. The number of likely N-dealkylation sites (N-methyl/N-ethyl adjacent to an activating group) is 1. The van der Waals surface area contributed by atoms with E-state index in [-0.39, 0.29) is 28.7 Å². The van der Waals surface area contributed by atoms with Crippen molar-refractivity contribution in [2.75, 3.05) is 25.5 Å². The number of carbonyl (C=O) groups is 2. The molecule has 0 aliphatic heterocycles. The molecule has 7 nitrogen and oxygen atoms in total. The molecule has 0 unspecified atom stereocenters. The number of amides is 2. The lowest BCUT2D eigenvalue weighted by Gasteiger charge is -2.56. The highest BCUT2D eigenvalue weighted by Crippen LogP contribution is 2.59. The molecule has 4 aliphatic carbocycles. The Morgan fingerprint density at radius 1 is 1.03 bits per heavy atom. The lowest BCUT2D eigenvalue weighted by atomic mass is 9.49. The molecule has 0 aromatic heterocycles. The molecule has 2 amide bonds. The van der Waals surface area contributed by atoms with Crippen LogP contribution in [-0.2, 0) is 19.6 Å². The molecule has 2 N–H and O–H groups in total. The monoisotopic (exact) mass is 433 g/mol. The zero-order valence-electron chi connectivity index (χ0n) is 17.7. The summed E-state index contributed by atoms with van der Waals surface area (Å²) in [4.78, 5) is 23.7. The molecule has 0 heterocycles. The van der Waals surface area contributed by atoms with E-state index in [9.17, 15) is 18.0 Å². The fourth-order valence-electron chi connectivity index (χ4n) is 6.23. The fraction of sp³-hybridized carbons (Fsp3) is 0.636. The molecule has 0 saturated heterocycles. The molecule has 8 heteroatoms. The average molecular weight is 434 g/mol. The van der Waals surface area contributed by atoms with Crippen molar-refractivity contribution < 1.29 is 18.0 Å². The van der Waals surface area contributed by atoms with E-state index < -0.39 is 10.0 Å². The minimum absolute atomic E-state index is 0.0907. The van der Waals surface area contributed by atoms with Crippen LogP contribution in [0.1, 0.15) is 45.4 Å². The summed E-state index contributed by atoms with van der Waals surface area (Å²) >= 11 is 0. The van der Waals surface area contributed by atoms with Gasteiger partial charge >= 0.3 is 0 Å². The number of anilines is 1. The number of sulfonamides is 1. The Morgan fingerprint density at radius 2 is 1.57 bits per heavy atom. The Balaban J connectivity index is 1.33. The lowest BCUT2D eigenvalue weighted by Crippen LogP contribution is -2.52. The molecule has 0 spiro atoms. The van der Waals surface area contributed by atoms with Gasteiger partial charge in [0, 0.05) is 26.2 Å². The minimum atomic E-state index is -3.78. The number of rotatable bonds is 7. The Hall–Kier alpha value is -1.93. The van der Waals surface area contributed by atoms with Crippen LogP contribution in [0, 0.1) is 23.2 Å². The summed E-state index contributed by atoms with van der Waals surface area (Å²) in [5, 5.41) is 5.64. The van der Waals surface area contributed by atoms with Crippen molar-refractivity contribution in [1.82, 2.24) is 9.62 Å². The van der Waals surface area contributed by atoms with E-state index in [0.29, 0.717) is 12.2 Å². The third-order valence-electron chi connectivity index (χ3n) is 7.07. The van der Waals surface area contributed by atoms with E-state index in [1.807, 2.05) is 0 Å². The van der Waals surface area contributed by atoms with Crippen molar-refractivity contribution in [2.24, 2.45) is 23.2 Å². The third-order valence-corrected chi connectivity index (χ3v) is 8.89. The highest BCUT2D eigenvalue weighted by molar-refractivity contribution is 7.89. The van der Waals surface area contributed by atoms with E-state index in [1.54, 1.807) is 0 Å². The van der Waals surface area contributed by atoms with Gasteiger partial charge in [0.15, 0.2) is 0 Å². The van der Waals surface area contributed by atoms with E-state index >= 15 is 0 Å². The van der Waals surface area contributed by atoms with Crippen LogP contribution in [0.3, 0.4) is 0 Å². The highest BCUT2D eigenvalue weighted by atomic mass is 32.2. The van der Waals surface area contributed by atoms with Gasteiger partial charge < -0.3 is 10.6 Å². The van der Waals surface area contributed by atoms with Crippen LogP contribution in [0.2, 0.25) is 0 Å². The van der Waals surface area contributed by atoms with E-state index in [2.05, 4.69) is 10.6 Å². The number of benzene rings is 1. The van der Waals surface area contributed by atoms with Gasteiger partial charge in [-0.3, -0.25) is 9.59 Å². The zero-order valence-corrected chi connectivity index (χ0v) is 18.5. The number of nitrogens with one attached hydrogen (secondary N) is 2. The summed E-state index contributed by atoms with van der Waals surface area (Å²) in [6.07, 6.45) is 7.68. The molecule has 0 atom stereocenters. The maximum atomic E-state index is 12.8. The lowest BCUT2D eigenvalue weighted by molar-refractivity contribution is -0.123. The van der Waals surface area contributed by atoms with Crippen molar-refractivity contribution >= 4 is 27.5 Å². The summed E-state index contributed by atoms with van der Waals surface area (Å²) < 4.78 is 26.7. The summed E-state index contributed by atoms with van der Waals surface area (Å²) in [6, 6.07) is 5.94. The predicted molar refractivity (Wildman–Crippen MR) is 114 cm³/mol. The second kappa shape index (κ2) is 7.96. The largest absolute Gasteiger partial charge is 0.354 e. The standard InChI is InChI=1S/C22H31N3O4S/c1-15(26)24-19-3-5-20(6-4-19)30(28,29)25(2)13-21(27)23-14-22-10-16-7-17(11-22)9-18(8-16)12-22/h3-6,16-18H,7-14H2,1-2H3,(H,23,27)(H,24,26). The number of carbonyl (C=O) groups excluding carboxylic acids is 2. The summed E-state index contributed by atoms with van der Waals surface area (Å²) in [6.45, 7) is 1.84. The second-order valence-corrected chi connectivity index (χ2v) is 11.7. The van der Waals surface area contributed by atoms with E-state index in [1.165, 1.54) is 76.8 Å². The van der Waals surface area contributed by atoms with Gasteiger partial charge in [0.2, 0.25) is 21.8 Å². The first-order chi connectivity index (χ1) is 14.1. The molecule has 30 heavy (non-hydrogen) atoms. The van der Waals surface area contributed by atoms with Crippen LogP contribution >= 0.6 is 0 Å². The molecular weight excluding hydrogens is 402 g/mol. The molecule has 164 valence electrons. The van der Waals surface area contributed by atoms with Crippen LogP contribution in [-0.4, -0.2) is 44.7 Å². The Bertz CT molecular complexity index is 891. The summed E-state index contributed by atoms with van der Waals surface area (Å²) in [5.41, 5.74) is 0.749. The first-order valence-electron chi connectivity index (χ1n) is 10.8. The first kappa shape index (κ1) is 21.3. The maximum absolute atomic E-state index is 12.8. The molecule has 0 radical (unpaired) electrons. The van der Waals surface area contributed by atoms with Crippen molar-refractivity contribution in [3.05, 3.63) is 24.3 Å². The van der Waals surface area contributed by atoms with Gasteiger partial charge in [-0.05, 0) is 86.0 Å². The Labute approximate surface area is 178 Å². The average Bonchev–Trinajstić information content (AvgIpc) is 2.65. The van der Waals surface area contributed by atoms with E-state index in [4.69, 9.17) is 0 Å². The fourth-order valence-corrected chi connectivity index (χ4v) is 7.36. The molecule has 4 aliphatic rings. The topological polar surface area (TPSA) is 95.6 Å². The summed E-state index contributed by atoms with van der Waals surface area (Å²) in [7, 11) is -2.36. The van der Waals surface area contributed by atoms with Crippen molar-refractivity contribution in [3.8, 4) is 0 Å². The van der Waals surface area contributed by atoms with Gasteiger partial charge in [-0.25, -0.2) is 8.42 Å². The molecule has 5 rings (SSSR count). The molecule has 1 aromatic carbocycles. The van der Waals surface area contributed by atoms with Crippen molar-refractivity contribution in [2.45, 2.75) is 50.3 Å². The highest BCUT2D eigenvalue weighted by Gasteiger charge is 2.50. The van der Waals surface area contributed by atoms with Gasteiger partial charge in [0.1, 0.15) is 0 Å². The third kappa shape index (κ3) is 4.39. The van der Waals surface area contributed by atoms with Crippen molar-refractivity contribution in [1.29, 1.82) is 0 Å². The minimum Gasteiger partial charge on any atom is -0.354 e. The van der Waals surface area contributed by atoms with Gasteiger partial charge in [0.25, 0.3) is 0 Å². The molecular formula is C22H31N3O4S. The maximum Gasteiger partial charge on any atom is 0.243 e. The Kier molecular flexibility index (Phi) is 5.66. The van der Waals surface area contributed by atoms with Gasteiger partial charge in [-0.1, -0.05) is 0 Å². The van der Waals surface area contributed by atoms with Gasteiger partial charge in [-0.2, -0.15) is 4.31 Å². The van der Waals surface area contributed by atoms with Crippen LogP contribution in [0.25, 0.3) is 0 Å². The predicted octanol–water partition coefficient (Wildman–Crippen LogP) is 2.60. The smallest absolute Gasteiger partial charge is 0.243 e. The second-order valence-electron chi connectivity index (χ2n) is 9.66.